The van der Waals surface area contributed by atoms with E-state index in [1.165, 1.54) is 6.20 Å². The summed E-state index contributed by atoms with van der Waals surface area (Å²) < 4.78 is 6.41. The van der Waals surface area contributed by atoms with Crippen LogP contribution in [0.25, 0.3) is 10.9 Å². The van der Waals surface area contributed by atoms with Crippen LogP contribution in [-0.2, 0) is 4.74 Å². The zero-order valence-electron chi connectivity index (χ0n) is 12.4. The van der Waals surface area contributed by atoms with E-state index >= 15 is 0 Å². The van der Waals surface area contributed by atoms with E-state index in [2.05, 4.69) is 27.6 Å². The van der Waals surface area contributed by atoms with Gasteiger partial charge in [0.1, 0.15) is 5.56 Å². The summed E-state index contributed by atoms with van der Waals surface area (Å²) in [4.78, 5) is 30.3. The summed E-state index contributed by atoms with van der Waals surface area (Å²) in [5, 5.41) is 0.548. The molecule has 2 atom stereocenters. The van der Waals surface area contributed by atoms with Crippen LogP contribution in [0.2, 0.25) is 0 Å². The van der Waals surface area contributed by atoms with Gasteiger partial charge in [-0.2, -0.15) is 0 Å². The summed E-state index contributed by atoms with van der Waals surface area (Å²) in [6.07, 6.45) is 1.52. The summed E-state index contributed by atoms with van der Waals surface area (Å²) in [7, 11) is 0. The Kier molecular flexibility index (Phi) is 4.22. The number of hydrogen-bond acceptors (Lipinski definition) is 3. The van der Waals surface area contributed by atoms with E-state index in [1.54, 1.807) is 11.0 Å². The average Bonchev–Trinajstić information content (AvgIpc) is 2.48. The molecule has 1 aliphatic heterocycles. The van der Waals surface area contributed by atoms with Crippen molar-refractivity contribution in [1.82, 2.24) is 9.88 Å². The Morgan fingerprint density at radius 2 is 2.00 bits per heavy atom. The lowest BCUT2D eigenvalue weighted by atomic mass is 10.1. The number of nitrogens with zero attached hydrogens (tertiary/aromatic N) is 1. The number of amides is 1. The number of rotatable bonds is 1. The molecule has 5 nitrogen and oxygen atoms in total. The Labute approximate surface area is 141 Å². The molecular weight excluding hydrogens is 395 g/mol. The number of carbonyl (C=O) groups is 1. The van der Waals surface area contributed by atoms with Gasteiger partial charge in [-0.15, -0.1) is 0 Å². The first kappa shape index (κ1) is 15.5. The number of aromatic nitrogens is 1. The first-order chi connectivity index (χ1) is 10.5. The molecule has 1 amide bonds. The van der Waals surface area contributed by atoms with E-state index in [0.29, 0.717) is 18.6 Å². The quantitative estimate of drug-likeness (QED) is 0.732. The predicted molar refractivity (Wildman–Crippen MR) is 93.2 cm³/mol. The van der Waals surface area contributed by atoms with Crippen LogP contribution < -0.4 is 5.43 Å². The van der Waals surface area contributed by atoms with Gasteiger partial charge in [0.2, 0.25) is 5.43 Å². The number of nitrogens with one attached hydrogen (secondary N) is 1. The number of H-pyrrole nitrogens is 1. The molecule has 0 radical (unpaired) electrons. The van der Waals surface area contributed by atoms with Crippen molar-refractivity contribution < 1.29 is 9.53 Å². The number of benzene rings is 1. The third kappa shape index (κ3) is 2.65. The van der Waals surface area contributed by atoms with Crippen LogP contribution in [0.15, 0.2) is 29.2 Å². The summed E-state index contributed by atoms with van der Waals surface area (Å²) >= 11 is 2.16. The van der Waals surface area contributed by atoms with Crippen molar-refractivity contribution in [2.45, 2.75) is 25.9 Å². The van der Waals surface area contributed by atoms with E-state index in [4.69, 9.17) is 4.74 Å². The van der Waals surface area contributed by atoms with E-state index in [0.717, 1.165) is 9.09 Å². The highest BCUT2D eigenvalue weighted by Gasteiger charge is 2.31. The van der Waals surface area contributed by atoms with Crippen molar-refractivity contribution in [3.63, 3.8) is 0 Å². The molecule has 0 aliphatic carbocycles. The molecule has 116 valence electrons. The highest BCUT2D eigenvalue weighted by molar-refractivity contribution is 14.1. The number of fused-ring (bicyclic) bond motifs is 1. The maximum atomic E-state index is 12.8. The minimum Gasteiger partial charge on any atom is -0.377 e. The van der Waals surface area contributed by atoms with Crippen LogP contribution in [0, 0.1) is 3.57 Å². The maximum absolute atomic E-state index is 12.8. The largest absolute Gasteiger partial charge is 0.377 e. The highest BCUT2D eigenvalue weighted by atomic mass is 127. The van der Waals surface area contributed by atoms with Crippen molar-refractivity contribution in [2.75, 3.05) is 13.2 Å². The number of halogens is 1. The molecule has 1 saturated heterocycles. The summed E-state index contributed by atoms with van der Waals surface area (Å²) in [5.41, 5.74) is 0.711. The van der Waals surface area contributed by atoms with Gasteiger partial charge in [0, 0.05) is 20.7 Å². The molecule has 1 fully saturated rings. The molecule has 22 heavy (non-hydrogen) atoms. The molecule has 3 rings (SSSR count). The van der Waals surface area contributed by atoms with Gasteiger partial charge >= 0.3 is 0 Å². The minimum atomic E-state index is -0.231. The normalized spacial score (nSPS) is 22.0. The van der Waals surface area contributed by atoms with Gasteiger partial charge in [0.05, 0.1) is 25.3 Å². The van der Waals surface area contributed by atoms with E-state index < -0.39 is 0 Å². The van der Waals surface area contributed by atoms with Gasteiger partial charge in [0.25, 0.3) is 5.91 Å². The van der Waals surface area contributed by atoms with Crippen molar-refractivity contribution in [3.05, 3.63) is 43.8 Å². The fourth-order valence-corrected chi connectivity index (χ4v) is 3.38. The number of ether oxygens (including phenoxy) is 1. The number of pyridine rings is 1. The average molecular weight is 412 g/mol. The molecule has 1 aliphatic rings. The van der Waals surface area contributed by atoms with Crippen LogP contribution in [0.5, 0.6) is 0 Å². The molecule has 0 bridgehead atoms. The summed E-state index contributed by atoms with van der Waals surface area (Å²) in [6.45, 7) is 4.87. The number of morpholine rings is 1. The fraction of sp³-hybridized carbons (Fsp3) is 0.375. The smallest absolute Gasteiger partial charge is 0.259 e. The van der Waals surface area contributed by atoms with Crippen molar-refractivity contribution >= 4 is 39.4 Å². The van der Waals surface area contributed by atoms with Gasteiger partial charge < -0.3 is 14.6 Å². The van der Waals surface area contributed by atoms with Gasteiger partial charge in [-0.05, 0) is 54.6 Å². The van der Waals surface area contributed by atoms with E-state index in [-0.39, 0.29) is 29.0 Å². The van der Waals surface area contributed by atoms with Crippen LogP contribution in [0.1, 0.15) is 24.2 Å². The molecule has 1 N–H and O–H groups in total. The molecule has 0 spiro atoms. The van der Waals surface area contributed by atoms with Gasteiger partial charge in [-0.1, -0.05) is 0 Å². The van der Waals surface area contributed by atoms with Crippen LogP contribution in [-0.4, -0.2) is 41.1 Å². The third-order valence-electron chi connectivity index (χ3n) is 3.98. The topological polar surface area (TPSA) is 62.4 Å². The molecule has 1 aromatic carbocycles. The van der Waals surface area contributed by atoms with Crippen LogP contribution in [0.4, 0.5) is 0 Å². The SMILES string of the molecule is CC1COCC(C)N1C(=O)c1c[nH]c2ccc(I)cc2c1=O. The molecule has 2 unspecified atom stereocenters. The standard InChI is InChI=1S/C16H17IN2O3/c1-9-7-22-8-10(2)19(9)16(21)13-6-18-14-4-3-11(17)5-12(14)15(13)20/h3-6,9-10H,7-8H2,1-2H3,(H,18,20). The lowest BCUT2D eigenvalue weighted by molar-refractivity contribution is -0.0250. The van der Waals surface area contributed by atoms with Crippen molar-refractivity contribution in [3.8, 4) is 0 Å². The Morgan fingerprint density at radius 1 is 1.32 bits per heavy atom. The van der Waals surface area contributed by atoms with Crippen LogP contribution >= 0.6 is 22.6 Å². The van der Waals surface area contributed by atoms with Crippen LogP contribution in [0.3, 0.4) is 0 Å². The van der Waals surface area contributed by atoms with E-state index in [9.17, 15) is 9.59 Å². The second kappa shape index (κ2) is 6.00. The molecule has 2 heterocycles. The lowest BCUT2D eigenvalue weighted by Crippen LogP contribution is -2.53. The molecule has 1 aromatic heterocycles. The Bertz CT molecular complexity index is 777. The van der Waals surface area contributed by atoms with Gasteiger partial charge in [0.15, 0.2) is 0 Å². The lowest BCUT2D eigenvalue weighted by Gasteiger charge is -2.38. The summed E-state index contributed by atoms with van der Waals surface area (Å²) in [6, 6.07) is 5.50. The highest BCUT2D eigenvalue weighted by Crippen LogP contribution is 2.18. The summed E-state index contributed by atoms with van der Waals surface area (Å²) in [5.74, 6) is -0.231. The first-order valence-electron chi connectivity index (χ1n) is 7.20. The number of hydrogen-bond donors (Lipinski definition) is 1. The molecule has 6 heteroatoms. The van der Waals surface area contributed by atoms with Gasteiger partial charge in [-0.3, -0.25) is 9.59 Å². The maximum Gasteiger partial charge on any atom is 0.259 e. The zero-order chi connectivity index (χ0) is 15.9. The Hall–Kier alpha value is -1.41. The second-order valence-electron chi connectivity index (χ2n) is 5.67. The zero-order valence-corrected chi connectivity index (χ0v) is 14.6. The van der Waals surface area contributed by atoms with E-state index in [1.807, 2.05) is 26.0 Å². The predicted octanol–water partition coefficient (Wildman–Crippen LogP) is 2.38. The van der Waals surface area contributed by atoms with Crippen molar-refractivity contribution in [2.24, 2.45) is 0 Å². The van der Waals surface area contributed by atoms with Gasteiger partial charge in [-0.25, -0.2) is 0 Å². The second-order valence-corrected chi connectivity index (χ2v) is 6.91. The molecule has 2 aromatic rings. The number of carbonyl (C=O) groups excluding carboxylic acids is 1. The third-order valence-corrected chi connectivity index (χ3v) is 4.65. The minimum absolute atomic E-state index is 0.0396. The van der Waals surface area contributed by atoms with Crippen molar-refractivity contribution in [1.29, 1.82) is 0 Å². The molecule has 0 saturated carbocycles. The first-order valence-corrected chi connectivity index (χ1v) is 8.28. The fourth-order valence-electron chi connectivity index (χ4n) is 2.89. The number of aromatic amines is 1. The monoisotopic (exact) mass is 412 g/mol. The molecular formula is C16H17IN2O3. The Morgan fingerprint density at radius 3 is 2.68 bits per heavy atom. The Balaban J connectivity index is 2.08.